The Balaban J connectivity index is 1.61. The molecule has 7 nitrogen and oxygen atoms in total. The van der Waals surface area contributed by atoms with Crippen LogP contribution in [0.3, 0.4) is 0 Å². The highest BCUT2D eigenvalue weighted by atomic mass is 32.1. The second-order valence-electron chi connectivity index (χ2n) is 8.41. The molecule has 176 valence electrons. The van der Waals surface area contributed by atoms with E-state index in [0.717, 1.165) is 34.0 Å². The summed E-state index contributed by atoms with van der Waals surface area (Å²) in [5.41, 5.74) is 5.72. The summed E-state index contributed by atoms with van der Waals surface area (Å²) in [6.07, 6.45) is 7.86. The molecule has 4 heterocycles. The van der Waals surface area contributed by atoms with Crippen LogP contribution in [0.25, 0.3) is 5.69 Å². The number of pyridine rings is 2. The van der Waals surface area contributed by atoms with E-state index in [-0.39, 0.29) is 18.0 Å². The van der Waals surface area contributed by atoms with Gasteiger partial charge in [-0.3, -0.25) is 14.8 Å². The van der Waals surface area contributed by atoms with E-state index in [0.29, 0.717) is 11.5 Å². The van der Waals surface area contributed by atoms with E-state index in [1.54, 1.807) is 18.6 Å². The Morgan fingerprint density at radius 1 is 1.06 bits per heavy atom. The summed E-state index contributed by atoms with van der Waals surface area (Å²) in [5.74, 6) is -0.0116. The number of nitrogens with one attached hydrogen (secondary N) is 2. The van der Waals surface area contributed by atoms with Crippen LogP contribution >= 0.6 is 12.2 Å². The summed E-state index contributed by atoms with van der Waals surface area (Å²) >= 11 is 5.87. The lowest BCUT2D eigenvalue weighted by Crippen LogP contribution is -2.30. The maximum atomic E-state index is 11.9. The second kappa shape index (κ2) is 9.68. The Labute approximate surface area is 209 Å². The average Bonchev–Trinajstić information content (AvgIpc) is 3.50. The molecule has 0 unspecified atom stereocenters. The Bertz CT molecular complexity index is 1350. The van der Waals surface area contributed by atoms with Crippen molar-refractivity contribution >= 4 is 34.6 Å². The Morgan fingerprint density at radius 2 is 1.89 bits per heavy atom. The first-order valence-electron chi connectivity index (χ1n) is 11.6. The lowest BCUT2D eigenvalue weighted by molar-refractivity contribution is -0.115. The van der Waals surface area contributed by atoms with Crippen molar-refractivity contribution in [1.29, 1.82) is 0 Å². The highest BCUT2D eigenvalue weighted by molar-refractivity contribution is 7.80. The van der Waals surface area contributed by atoms with Gasteiger partial charge in [0.05, 0.1) is 11.7 Å². The molecule has 4 aromatic rings. The molecule has 0 spiro atoms. The third-order valence-electron chi connectivity index (χ3n) is 6.21. The van der Waals surface area contributed by atoms with Gasteiger partial charge in [0.15, 0.2) is 5.11 Å². The van der Waals surface area contributed by atoms with Crippen molar-refractivity contribution in [3.05, 3.63) is 102 Å². The smallest absolute Gasteiger partial charge is 0.224 e. The summed E-state index contributed by atoms with van der Waals surface area (Å²) in [7, 11) is 0. The Hall–Kier alpha value is -4.04. The Kier molecular flexibility index (Phi) is 6.29. The SMILES string of the molecule is CCC(=O)Nc1ccc(N2C(=S)N[C@@H](c3ccccn3)[C@H]2c2cccn2-c2ccncc2)cc1C. The minimum atomic E-state index is -0.156. The summed E-state index contributed by atoms with van der Waals surface area (Å²) in [5, 5.41) is 7.10. The van der Waals surface area contributed by atoms with E-state index >= 15 is 0 Å². The highest BCUT2D eigenvalue weighted by Gasteiger charge is 2.42. The van der Waals surface area contributed by atoms with Gasteiger partial charge >= 0.3 is 0 Å². The summed E-state index contributed by atoms with van der Waals surface area (Å²) in [6.45, 7) is 3.83. The summed E-state index contributed by atoms with van der Waals surface area (Å²) in [4.78, 5) is 22.9. The van der Waals surface area contributed by atoms with E-state index in [2.05, 4.69) is 42.2 Å². The molecule has 0 radical (unpaired) electrons. The molecule has 0 aliphatic carbocycles. The van der Waals surface area contributed by atoms with Gasteiger partial charge < -0.3 is 20.1 Å². The number of hydrogen-bond acceptors (Lipinski definition) is 4. The molecule has 3 aromatic heterocycles. The topological polar surface area (TPSA) is 75.1 Å². The summed E-state index contributed by atoms with van der Waals surface area (Å²) < 4.78 is 2.16. The zero-order chi connectivity index (χ0) is 24.4. The minimum absolute atomic E-state index is 0.0116. The zero-order valence-corrected chi connectivity index (χ0v) is 20.4. The molecule has 2 N–H and O–H groups in total. The van der Waals surface area contributed by atoms with Gasteiger partial charge in [-0.15, -0.1) is 0 Å². The molecule has 0 bridgehead atoms. The molecular formula is C27H26N6OS. The normalized spacial score (nSPS) is 17.3. The number of aryl methyl sites for hydroxylation is 1. The predicted octanol–water partition coefficient (Wildman–Crippen LogP) is 5.10. The first-order valence-corrected chi connectivity index (χ1v) is 12.0. The fraction of sp³-hybridized carbons (Fsp3) is 0.185. The molecule has 1 amide bonds. The third-order valence-corrected chi connectivity index (χ3v) is 6.52. The molecule has 1 aromatic carbocycles. The number of nitrogens with zero attached hydrogens (tertiary/aromatic N) is 4. The quantitative estimate of drug-likeness (QED) is 0.373. The lowest BCUT2D eigenvalue weighted by Gasteiger charge is -2.29. The molecule has 0 saturated carbocycles. The van der Waals surface area contributed by atoms with E-state index < -0.39 is 0 Å². The standard InChI is InChI=1S/C27H26N6OS/c1-3-24(34)30-21-10-9-20(17-18(21)2)33-26(25(31-27(33)35)22-7-4-5-13-29-22)23-8-6-16-32(23)19-11-14-28-15-12-19/h4-17,25-26H,3H2,1-2H3,(H,30,34)(H,31,35)/t25-,26+/m0/s1. The number of hydrogen-bond donors (Lipinski definition) is 2. The van der Waals surface area contributed by atoms with Crippen LogP contribution in [-0.4, -0.2) is 25.6 Å². The molecule has 1 saturated heterocycles. The first kappa shape index (κ1) is 22.7. The maximum Gasteiger partial charge on any atom is 0.224 e. The van der Waals surface area contributed by atoms with Crippen LogP contribution in [-0.2, 0) is 4.79 Å². The van der Waals surface area contributed by atoms with Gasteiger partial charge in [0.25, 0.3) is 0 Å². The molecule has 5 rings (SSSR count). The van der Waals surface area contributed by atoms with E-state index in [9.17, 15) is 4.79 Å². The Morgan fingerprint density at radius 3 is 2.60 bits per heavy atom. The van der Waals surface area contributed by atoms with Crippen LogP contribution in [0.1, 0.15) is 42.4 Å². The average molecular weight is 483 g/mol. The molecule has 2 atom stereocenters. The van der Waals surface area contributed by atoms with Crippen LogP contribution in [0.2, 0.25) is 0 Å². The number of rotatable bonds is 6. The third kappa shape index (κ3) is 4.40. The van der Waals surface area contributed by atoms with Crippen molar-refractivity contribution in [2.75, 3.05) is 10.2 Å². The molecule has 35 heavy (non-hydrogen) atoms. The fourth-order valence-corrected chi connectivity index (χ4v) is 4.83. The molecule has 1 fully saturated rings. The van der Waals surface area contributed by atoms with Gasteiger partial charge in [0.2, 0.25) is 5.91 Å². The van der Waals surface area contributed by atoms with Crippen molar-refractivity contribution in [3.63, 3.8) is 0 Å². The van der Waals surface area contributed by atoms with Gasteiger partial charge in [-0.1, -0.05) is 13.0 Å². The van der Waals surface area contributed by atoms with Gasteiger partial charge in [-0.05, 0) is 79.3 Å². The van der Waals surface area contributed by atoms with E-state index in [1.807, 2.05) is 68.6 Å². The van der Waals surface area contributed by atoms with Crippen LogP contribution in [0.4, 0.5) is 11.4 Å². The first-order chi connectivity index (χ1) is 17.1. The van der Waals surface area contributed by atoms with Gasteiger partial charge in [-0.2, -0.15) is 0 Å². The maximum absolute atomic E-state index is 11.9. The van der Waals surface area contributed by atoms with Crippen LogP contribution in [0, 0.1) is 6.92 Å². The number of aromatic nitrogens is 3. The fourth-order valence-electron chi connectivity index (χ4n) is 4.48. The number of amides is 1. The largest absolute Gasteiger partial charge is 0.351 e. The number of carbonyl (C=O) groups excluding carboxylic acids is 1. The molecular weight excluding hydrogens is 456 g/mol. The number of thiocarbonyl (C=S) groups is 1. The highest BCUT2D eigenvalue weighted by Crippen LogP contribution is 2.42. The molecule has 1 aliphatic heterocycles. The van der Waals surface area contributed by atoms with Crippen molar-refractivity contribution < 1.29 is 4.79 Å². The molecule has 1 aliphatic rings. The van der Waals surface area contributed by atoms with Crippen molar-refractivity contribution in [3.8, 4) is 5.69 Å². The van der Waals surface area contributed by atoms with E-state index in [4.69, 9.17) is 12.2 Å². The minimum Gasteiger partial charge on any atom is -0.351 e. The van der Waals surface area contributed by atoms with Crippen molar-refractivity contribution in [2.24, 2.45) is 0 Å². The van der Waals surface area contributed by atoms with Crippen molar-refractivity contribution in [2.45, 2.75) is 32.4 Å². The van der Waals surface area contributed by atoms with Crippen LogP contribution in [0.5, 0.6) is 0 Å². The monoisotopic (exact) mass is 482 g/mol. The molecule has 8 heteroatoms. The predicted molar refractivity (Wildman–Crippen MR) is 142 cm³/mol. The van der Waals surface area contributed by atoms with Gasteiger partial charge in [-0.25, -0.2) is 0 Å². The zero-order valence-electron chi connectivity index (χ0n) is 19.6. The second-order valence-corrected chi connectivity index (χ2v) is 8.79. The summed E-state index contributed by atoms with van der Waals surface area (Å²) in [6, 6.07) is 19.7. The number of carbonyl (C=O) groups is 1. The van der Waals surface area contributed by atoms with Crippen molar-refractivity contribution in [1.82, 2.24) is 19.9 Å². The van der Waals surface area contributed by atoms with Crippen LogP contribution < -0.4 is 15.5 Å². The van der Waals surface area contributed by atoms with Gasteiger partial charge in [0, 0.05) is 54.0 Å². The van der Waals surface area contributed by atoms with Gasteiger partial charge in [0.1, 0.15) is 6.04 Å². The lowest BCUT2D eigenvalue weighted by atomic mass is 10.0. The van der Waals surface area contributed by atoms with E-state index in [1.165, 1.54) is 0 Å². The van der Waals surface area contributed by atoms with Crippen LogP contribution in [0.15, 0.2) is 85.5 Å². The number of anilines is 2. The number of benzene rings is 1.